The predicted molar refractivity (Wildman–Crippen MR) is 81.6 cm³/mol. The Kier molecular flexibility index (Phi) is 3.25. The fourth-order valence-electron chi connectivity index (χ4n) is 2.27. The molecule has 2 heterocycles. The molecule has 0 saturated carbocycles. The number of anilines is 2. The molecule has 2 aromatic heterocycles. The summed E-state index contributed by atoms with van der Waals surface area (Å²) in [6.45, 7) is 0.803. The Balaban J connectivity index is 1.73. The van der Waals surface area contributed by atoms with Crippen molar-refractivity contribution in [2.75, 3.05) is 17.6 Å². The second kappa shape index (κ2) is 5.21. The van der Waals surface area contributed by atoms with Gasteiger partial charge in [-0.3, -0.25) is 9.67 Å². The van der Waals surface area contributed by atoms with Crippen LogP contribution in [-0.4, -0.2) is 21.3 Å². The number of nitrogens with one attached hydrogen (secondary N) is 1. The number of nitrogens with two attached hydrogens (primary N) is 1. The summed E-state index contributed by atoms with van der Waals surface area (Å²) in [5.41, 5.74) is 8.99. The number of hydrogen-bond donors (Lipinski definition) is 2. The molecule has 102 valence electrons. The van der Waals surface area contributed by atoms with Gasteiger partial charge in [-0.05, 0) is 18.2 Å². The van der Waals surface area contributed by atoms with Crippen molar-refractivity contribution in [3.63, 3.8) is 0 Å². The highest BCUT2D eigenvalue weighted by atomic mass is 15.2. The van der Waals surface area contributed by atoms with Crippen LogP contribution in [-0.2, 0) is 13.5 Å². The summed E-state index contributed by atoms with van der Waals surface area (Å²) in [6, 6.07) is 7.99. The molecule has 5 nitrogen and oxygen atoms in total. The Labute approximate surface area is 117 Å². The number of rotatable bonds is 4. The number of aryl methyl sites for hydroxylation is 1. The molecule has 0 radical (unpaired) electrons. The molecule has 3 N–H and O–H groups in total. The molecular weight excluding hydrogens is 250 g/mol. The normalized spacial score (nSPS) is 10.8. The summed E-state index contributed by atoms with van der Waals surface area (Å²) in [6.07, 6.45) is 6.40. The molecule has 0 unspecified atom stereocenters. The van der Waals surface area contributed by atoms with Crippen LogP contribution < -0.4 is 11.1 Å². The average molecular weight is 267 g/mol. The molecule has 3 aromatic rings. The van der Waals surface area contributed by atoms with E-state index in [0.717, 1.165) is 40.8 Å². The van der Waals surface area contributed by atoms with Crippen molar-refractivity contribution in [2.24, 2.45) is 7.05 Å². The van der Waals surface area contributed by atoms with Crippen LogP contribution in [0.3, 0.4) is 0 Å². The summed E-state index contributed by atoms with van der Waals surface area (Å²) < 4.78 is 1.81. The standard InChI is InChI=1S/C15H17N5/c1-20-9-6-12(19-20)4-8-18-14-3-2-11-10-17-7-5-13(11)15(14)16/h2-3,5-7,9-10,18H,4,8,16H2,1H3. The van der Waals surface area contributed by atoms with Gasteiger partial charge in [0.15, 0.2) is 0 Å². The zero-order valence-corrected chi connectivity index (χ0v) is 11.4. The van der Waals surface area contributed by atoms with Crippen LogP contribution >= 0.6 is 0 Å². The molecule has 0 spiro atoms. The van der Waals surface area contributed by atoms with Crippen molar-refractivity contribution >= 4 is 22.1 Å². The van der Waals surface area contributed by atoms with Crippen molar-refractivity contribution in [3.05, 3.63) is 48.5 Å². The Hall–Kier alpha value is -2.56. The minimum atomic E-state index is 0.769. The van der Waals surface area contributed by atoms with Gasteiger partial charge in [0.25, 0.3) is 0 Å². The Morgan fingerprint density at radius 3 is 2.95 bits per heavy atom. The van der Waals surface area contributed by atoms with Crippen LogP contribution in [0, 0.1) is 0 Å². The number of hydrogen-bond acceptors (Lipinski definition) is 4. The van der Waals surface area contributed by atoms with E-state index in [1.165, 1.54) is 0 Å². The van der Waals surface area contributed by atoms with E-state index in [0.29, 0.717) is 0 Å². The molecule has 5 heteroatoms. The lowest BCUT2D eigenvalue weighted by Crippen LogP contribution is -2.07. The third-order valence-corrected chi connectivity index (χ3v) is 3.33. The second-order valence-electron chi connectivity index (χ2n) is 4.78. The lowest BCUT2D eigenvalue weighted by Gasteiger charge is -2.11. The fraction of sp³-hybridized carbons (Fsp3) is 0.200. The SMILES string of the molecule is Cn1ccc(CCNc2ccc3cnccc3c2N)n1. The topological polar surface area (TPSA) is 68.8 Å². The maximum atomic E-state index is 6.19. The molecular formula is C15H17N5. The largest absolute Gasteiger partial charge is 0.397 e. The number of aromatic nitrogens is 3. The number of fused-ring (bicyclic) bond motifs is 1. The maximum absolute atomic E-state index is 6.19. The molecule has 0 atom stereocenters. The quantitative estimate of drug-likeness (QED) is 0.711. The van der Waals surface area contributed by atoms with Crippen molar-refractivity contribution in [1.82, 2.24) is 14.8 Å². The number of nitrogen functional groups attached to an aromatic ring is 1. The Morgan fingerprint density at radius 2 is 2.15 bits per heavy atom. The minimum absolute atomic E-state index is 0.769. The van der Waals surface area contributed by atoms with E-state index >= 15 is 0 Å². The van der Waals surface area contributed by atoms with E-state index in [1.54, 1.807) is 6.20 Å². The molecule has 0 fully saturated rings. The van der Waals surface area contributed by atoms with Gasteiger partial charge in [-0.2, -0.15) is 5.10 Å². The van der Waals surface area contributed by atoms with Gasteiger partial charge in [0.2, 0.25) is 0 Å². The number of pyridine rings is 1. The van der Waals surface area contributed by atoms with Crippen molar-refractivity contribution in [2.45, 2.75) is 6.42 Å². The predicted octanol–water partition coefficient (Wildman–Crippen LogP) is 2.21. The highest BCUT2D eigenvalue weighted by molar-refractivity contribution is 5.98. The van der Waals surface area contributed by atoms with Crippen LogP contribution in [0.1, 0.15) is 5.69 Å². The van der Waals surface area contributed by atoms with Crippen LogP contribution in [0.25, 0.3) is 10.8 Å². The van der Waals surface area contributed by atoms with E-state index in [1.807, 2.05) is 48.4 Å². The Bertz CT molecular complexity index is 732. The van der Waals surface area contributed by atoms with Gasteiger partial charge in [0.1, 0.15) is 0 Å². The van der Waals surface area contributed by atoms with E-state index in [9.17, 15) is 0 Å². The van der Waals surface area contributed by atoms with Gasteiger partial charge in [0, 0.05) is 49.4 Å². The lowest BCUT2D eigenvalue weighted by atomic mass is 10.1. The van der Waals surface area contributed by atoms with Crippen LogP contribution in [0.5, 0.6) is 0 Å². The third-order valence-electron chi connectivity index (χ3n) is 3.33. The summed E-state index contributed by atoms with van der Waals surface area (Å²) in [4.78, 5) is 4.10. The molecule has 0 bridgehead atoms. The highest BCUT2D eigenvalue weighted by Crippen LogP contribution is 2.27. The van der Waals surface area contributed by atoms with E-state index < -0.39 is 0 Å². The monoisotopic (exact) mass is 267 g/mol. The molecule has 3 rings (SSSR count). The smallest absolute Gasteiger partial charge is 0.0642 e. The lowest BCUT2D eigenvalue weighted by molar-refractivity contribution is 0.742. The minimum Gasteiger partial charge on any atom is -0.397 e. The van der Waals surface area contributed by atoms with E-state index in [4.69, 9.17) is 5.73 Å². The molecule has 0 aliphatic heterocycles. The van der Waals surface area contributed by atoms with Gasteiger partial charge >= 0.3 is 0 Å². The van der Waals surface area contributed by atoms with Gasteiger partial charge in [-0.15, -0.1) is 0 Å². The summed E-state index contributed by atoms with van der Waals surface area (Å²) in [7, 11) is 1.92. The van der Waals surface area contributed by atoms with Gasteiger partial charge in [-0.25, -0.2) is 0 Å². The average Bonchev–Trinajstić information content (AvgIpc) is 2.87. The van der Waals surface area contributed by atoms with Crippen LogP contribution in [0.15, 0.2) is 42.9 Å². The maximum Gasteiger partial charge on any atom is 0.0642 e. The molecule has 0 amide bonds. The van der Waals surface area contributed by atoms with Crippen LogP contribution in [0.4, 0.5) is 11.4 Å². The van der Waals surface area contributed by atoms with Crippen molar-refractivity contribution < 1.29 is 0 Å². The fourth-order valence-corrected chi connectivity index (χ4v) is 2.27. The molecule has 0 saturated heterocycles. The first-order chi connectivity index (χ1) is 9.74. The van der Waals surface area contributed by atoms with Gasteiger partial charge in [-0.1, -0.05) is 6.07 Å². The van der Waals surface area contributed by atoms with Gasteiger partial charge < -0.3 is 11.1 Å². The van der Waals surface area contributed by atoms with Gasteiger partial charge in [0.05, 0.1) is 17.1 Å². The molecule has 1 aromatic carbocycles. The Morgan fingerprint density at radius 1 is 1.25 bits per heavy atom. The third kappa shape index (κ3) is 2.42. The summed E-state index contributed by atoms with van der Waals surface area (Å²) in [5.74, 6) is 0. The first-order valence-corrected chi connectivity index (χ1v) is 6.58. The van der Waals surface area contributed by atoms with Crippen molar-refractivity contribution in [3.8, 4) is 0 Å². The van der Waals surface area contributed by atoms with E-state index in [-0.39, 0.29) is 0 Å². The zero-order valence-electron chi connectivity index (χ0n) is 11.4. The van der Waals surface area contributed by atoms with Crippen molar-refractivity contribution in [1.29, 1.82) is 0 Å². The summed E-state index contributed by atoms with van der Waals surface area (Å²) in [5, 5.41) is 9.81. The summed E-state index contributed by atoms with van der Waals surface area (Å²) >= 11 is 0. The molecule has 0 aliphatic rings. The second-order valence-corrected chi connectivity index (χ2v) is 4.78. The zero-order chi connectivity index (χ0) is 13.9. The molecule has 0 aliphatic carbocycles. The molecule has 20 heavy (non-hydrogen) atoms. The van der Waals surface area contributed by atoms with E-state index in [2.05, 4.69) is 15.4 Å². The number of nitrogens with zero attached hydrogens (tertiary/aromatic N) is 3. The highest BCUT2D eigenvalue weighted by Gasteiger charge is 2.04. The van der Waals surface area contributed by atoms with Crippen LogP contribution in [0.2, 0.25) is 0 Å². The first-order valence-electron chi connectivity index (χ1n) is 6.58. The first kappa shape index (κ1) is 12.5. The number of benzene rings is 1.